The number of carbonyl (C=O) groups is 1. The summed E-state index contributed by atoms with van der Waals surface area (Å²) in [4.78, 5) is 26.5. The van der Waals surface area contributed by atoms with Crippen molar-refractivity contribution >= 4 is 17.6 Å². The molecule has 2 N–H and O–H groups in total. The van der Waals surface area contributed by atoms with Crippen molar-refractivity contribution in [1.29, 1.82) is 0 Å². The second-order valence-corrected chi connectivity index (χ2v) is 9.38. The number of rotatable bonds is 7. The second kappa shape index (κ2) is 13.0. The minimum absolute atomic E-state index is 0.0522. The van der Waals surface area contributed by atoms with Gasteiger partial charge in [0.05, 0.1) is 23.1 Å². The Morgan fingerprint density at radius 3 is 2.21 bits per heavy atom. The highest BCUT2D eigenvalue weighted by atomic mass is 19.4. The zero-order valence-corrected chi connectivity index (χ0v) is 23.7. The van der Waals surface area contributed by atoms with Gasteiger partial charge in [-0.1, -0.05) is 18.2 Å². The molecule has 0 bridgehead atoms. The van der Waals surface area contributed by atoms with Gasteiger partial charge < -0.3 is 15.3 Å². The number of nitrogens with zero attached hydrogens (tertiary/aromatic N) is 7. The largest absolute Gasteiger partial charge is 0.490 e. The maximum absolute atomic E-state index is 13.7. The SMILES string of the molecule is Cc1nccc(C(C)Nc2cc(N(C)Cc3c(C)nn(-c4ccccc4)c3C)nc(C(F)(F)F)n2)n1.O=C(O)C(F)(F)F. The van der Waals surface area contributed by atoms with Crippen LogP contribution in [0.3, 0.4) is 0 Å². The molecule has 1 unspecified atom stereocenters. The van der Waals surface area contributed by atoms with Gasteiger partial charge in [0.2, 0.25) is 5.82 Å². The van der Waals surface area contributed by atoms with Crippen molar-refractivity contribution in [1.82, 2.24) is 29.7 Å². The Balaban J connectivity index is 0.000000646. The predicted molar refractivity (Wildman–Crippen MR) is 145 cm³/mol. The summed E-state index contributed by atoms with van der Waals surface area (Å²) in [6.07, 6.45) is -8.18. The Labute approximate surface area is 242 Å². The first-order valence-corrected chi connectivity index (χ1v) is 12.6. The molecular weight excluding hydrogens is 582 g/mol. The lowest BCUT2D eigenvalue weighted by atomic mass is 10.2. The van der Waals surface area contributed by atoms with Crippen LogP contribution in [0.2, 0.25) is 0 Å². The molecule has 0 aliphatic heterocycles. The molecule has 0 aliphatic carbocycles. The summed E-state index contributed by atoms with van der Waals surface area (Å²) in [5.41, 5.74) is 4.16. The molecular formula is C27H28F6N8O2. The van der Waals surface area contributed by atoms with Crippen LogP contribution in [0.5, 0.6) is 0 Å². The number of aliphatic carboxylic acids is 1. The van der Waals surface area contributed by atoms with Crippen LogP contribution < -0.4 is 10.2 Å². The van der Waals surface area contributed by atoms with Gasteiger partial charge >= 0.3 is 18.3 Å². The van der Waals surface area contributed by atoms with Gasteiger partial charge in [-0.25, -0.2) is 29.4 Å². The van der Waals surface area contributed by atoms with Gasteiger partial charge in [-0.15, -0.1) is 0 Å². The second-order valence-electron chi connectivity index (χ2n) is 9.38. The van der Waals surface area contributed by atoms with Gasteiger partial charge in [-0.2, -0.15) is 31.4 Å². The number of halogens is 6. The monoisotopic (exact) mass is 610 g/mol. The molecule has 43 heavy (non-hydrogen) atoms. The molecule has 3 heterocycles. The zero-order valence-electron chi connectivity index (χ0n) is 23.7. The third-order valence-electron chi connectivity index (χ3n) is 6.04. The first-order chi connectivity index (χ1) is 20.0. The average molecular weight is 611 g/mol. The number of aromatic nitrogens is 6. The standard InChI is InChI=1S/C25H27F3N8.C2HF3O2/c1-15-20(17(3)36(34-15)19-9-7-6-8-10-19)14-35(5)23-13-22(32-24(33-23)25(26,27)28)30-16(2)21-11-12-29-18(4)31-21;3-2(4,5)1(6)7/h6-13,16H,14H2,1-5H3,(H,30,32,33);(H,6,7). The summed E-state index contributed by atoms with van der Waals surface area (Å²) in [5.74, 6) is -3.21. The number of hydrogen-bond acceptors (Lipinski definition) is 8. The van der Waals surface area contributed by atoms with Crippen LogP contribution in [0.15, 0.2) is 48.7 Å². The molecule has 0 spiro atoms. The van der Waals surface area contributed by atoms with Gasteiger partial charge in [0.1, 0.15) is 17.5 Å². The molecule has 1 atom stereocenters. The van der Waals surface area contributed by atoms with E-state index in [1.54, 1.807) is 38.1 Å². The first kappa shape index (κ1) is 32.8. The minimum Gasteiger partial charge on any atom is -0.475 e. The van der Waals surface area contributed by atoms with Crippen LogP contribution in [0, 0.1) is 20.8 Å². The fourth-order valence-electron chi connectivity index (χ4n) is 3.88. The van der Waals surface area contributed by atoms with Gasteiger partial charge in [0.15, 0.2) is 0 Å². The predicted octanol–water partition coefficient (Wildman–Crippen LogP) is 5.84. The van der Waals surface area contributed by atoms with E-state index in [1.807, 2.05) is 48.9 Å². The van der Waals surface area contributed by atoms with Crippen molar-refractivity contribution in [3.8, 4) is 5.69 Å². The number of nitrogens with one attached hydrogen (secondary N) is 1. The van der Waals surface area contributed by atoms with E-state index in [4.69, 9.17) is 9.90 Å². The fraction of sp³-hybridized carbons (Fsp3) is 0.333. The molecule has 230 valence electrons. The number of aryl methyl sites for hydroxylation is 2. The lowest BCUT2D eigenvalue weighted by Crippen LogP contribution is -2.22. The van der Waals surface area contributed by atoms with Crippen LogP contribution in [-0.4, -0.2) is 54.0 Å². The highest BCUT2D eigenvalue weighted by Crippen LogP contribution is 2.31. The van der Waals surface area contributed by atoms with Crippen LogP contribution in [0.25, 0.3) is 5.69 Å². The maximum Gasteiger partial charge on any atom is 0.490 e. The lowest BCUT2D eigenvalue weighted by Gasteiger charge is -2.22. The summed E-state index contributed by atoms with van der Waals surface area (Å²) in [5, 5.41) is 14.8. The molecule has 0 aliphatic rings. The number of benzene rings is 1. The van der Waals surface area contributed by atoms with Gasteiger partial charge in [-0.3, -0.25) is 0 Å². The van der Waals surface area contributed by atoms with E-state index in [2.05, 4.69) is 30.4 Å². The van der Waals surface area contributed by atoms with E-state index in [9.17, 15) is 26.3 Å². The van der Waals surface area contributed by atoms with E-state index in [0.29, 0.717) is 18.1 Å². The average Bonchev–Trinajstić information content (AvgIpc) is 3.21. The summed E-state index contributed by atoms with van der Waals surface area (Å²) >= 11 is 0. The fourth-order valence-corrected chi connectivity index (χ4v) is 3.88. The molecule has 0 amide bonds. The summed E-state index contributed by atoms with van der Waals surface area (Å²) in [6.45, 7) is 7.69. The van der Waals surface area contributed by atoms with Crippen molar-refractivity contribution in [2.24, 2.45) is 0 Å². The van der Waals surface area contributed by atoms with Crippen LogP contribution in [-0.2, 0) is 17.5 Å². The third-order valence-corrected chi connectivity index (χ3v) is 6.04. The molecule has 0 fully saturated rings. The Morgan fingerprint density at radius 1 is 1.02 bits per heavy atom. The molecule has 4 aromatic rings. The summed E-state index contributed by atoms with van der Waals surface area (Å²) in [7, 11) is 1.70. The molecule has 1 aromatic carbocycles. The number of hydrogen-bond donors (Lipinski definition) is 2. The summed E-state index contributed by atoms with van der Waals surface area (Å²) in [6, 6.07) is 12.5. The Morgan fingerprint density at radius 2 is 1.65 bits per heavy atom. The minimum atomic E-state index is -5.08. The van der Waals surface area contributed by atoms with Crippen LogP contribution in [0.4, 0.5) is 38.0 Å². The number of para-hydroxylation sites is 1. The number of anilines is 2. The Hall–Kier alpha value is -4.76. The maximum atomic E-state index is 13.7. The molecule has 0 radical (unpaired) electrons. The highest BCUT2D eigenvalue weighted by molar-refractivity contribution is 5.73. The van der Waals surface area contributed by atoms with Crippen molar-refractivity contribution < 1.29 is 36.2 Å². The Bertz CT molecular complexity index is 1560. The quantitative estimate of drug-likeness (QED) is 0.249. The van der Waals surface area contributed by atoms with Gasteiger partial charge in [0.25, 0.3) is 0 Å². The highest BCUT2D eigenvalue weighted by Gasteiger charge is 2.38. The van der Waals surface area contributed by atoms with E-state index in [1.165, 1.54) is 6.07 Å². The molecule has 4 rings (SSSR count). The topological polar surface area (TPSA) is 122 Å². The van der Waals surface area contributed by atoms with Crippen LogP contribution in [0.1, 0.15) is 47.3 Å². The third kappa shape index (κ3) is 8.62. The van der Waals surface area contributed by atoms with Gasteiger partial charge in [-0.05, 0) is 45.9 Å². The number of carboxylic acid groups (broad SMARTS) is 1. The van der Waals surface area contributed by atoms with Crippen molar-refractivity contribution in [3.05, 3.63) is 83.0 Å². The molecule has 0 saturated carbocycles. The molecule has 16 heteroatoms. The van der Waals surface area contributed by atoms with Crippen molar-refractivity contribution in [2.75, 3.05) is 17.3 Å². The smallest absolute Gasteiger partial charge is 0.475 e. The molecule has 0 saturated heterocycles. The number of alkyl halides is 6. The lowest BCUT2D eigenvalue weighted by molar-refractivity contribution is -0.192. The summed E-state index contributed by atoms with van der Waals surface area (Å²) < 4.78 is 74.6. The normalized spacial score (nSPS) is 12.3. The van der Waals surface area contributed by atoms with E-state index in [0.717, 1.165) is 22.6 Å². The first-order valence-electron chi connectivity index (χ1n) is 12.6. The van der Waals surface area contributed by atoms with Gasteiger partial charge in [0, 0.05) is 37.1 Å². The van der Waals surface area contributed by atoms with E-state index >= 15 is 0 Å². The Kier molecular flexibility index (Phi) is 9.93. The van der Waals surface area contributed by atoms with Crippen LogP contribution >= 0.6 is 0 Å². The van der Waals surface area contributed by atoms with Crippen molar-refractivity contribution in [3.63, 3.8) is 0 Å². The molecule has 10 nitrogen and oxygen atoms in total. The zero-order chi connectivity index (χ0) is 32.1. The molecule has 3 aromatic heterocycles. The van der Waals surface area contributed by atoms with Crippen molar-refractivity contribution in [2.45, 2.75) is 52.6 Å². The van der Waals surface area contributed by atoms with E-state index in [-0.39, 0.29) is 11.6 Å². The van der Waals surface area contributed by atoms with E-state index < -0.39 is 30.2 Å². The number of carboxylic acids is 1.